The van der Waals surface area contributed by atoms with E-state index in [2.05, 4.69) is 14.8 Å². The van der Waals surface area contributed by atoms with Crippen molar-refractivity contribution >= 4 is 16.0 Å². The van der Waals surface area contributed by atoms with Crippen LogP contribution in [0.15, 0.2) is 29.2 Å². The molecule has 2 N–H and O–H groups in total. The summed E-state index contributed by atoms with van der Waals surface area (Å²) in [7, 11) is -2.33. The van der Waals surface area contributed by atoms with E-state index in [0.29, 0.717) is 13.1 Å². The van der Waals surface area contributed by atoms with Crippen molar-refractivity contribution in [3.05, 3.63) is 29.8 Å². The van der Waals surface area contributed by atoms with Crippen LogP contribution in [0.4, 0.5) is 0 Å². The standard InChI is InChI=1S/C11H14N2O4S/c1-17-11(14)8-3-2-4-10(5-8)18(15,16)13-9-6-12-7-9/h2-5,9,12-13H,6-7H2,1H3. The molecule has 1 heterocycles. The molecule has 0 radical (unpaired) electrons. The highest BCUT2D eigenvalue weighted by atomic mass is 32.2. The van der Waals surface area contributed by atoms with Crippen molar-refractivity contribution in [1.82, 2.24) is 10.0 Å². The molecule has 0 saturated carbocycles. The number of nitrogens with one attached hydrogen (secondary N) is 2. The predicted molar refractivity (Wildman–Crippen MR) is 64.8 cm³/mol. The van der Waals surface area contributed by atoms with Crippen LogP contribution < -0.4 is 10.0 Å². The highest BCUT2D eigenvalue weighted by molar-refractivity contribution is 7.89. The molecule has 1 aliphatic heterocycles. The normalized spacial score (nSPS) is 16.1. The Labute approximate surface area is 105 Å². The molecule has 0 amide bonds. The van der Waals surface area contributed by atoms with E-state index in [1.54, 1.807) is 0 Å². The monoisotopic (exact) mass is 270 g/mol. The summed E-state index contributed by atoms with van der Waals surface area (Å²) in [6.45, 7) is 1.24. The molecule has 0 aliphatic carbocycles. The first-order valence-electron chi connectivity index (χ1n) is 5.44. The molecule has 1 fully saturated rings. The number of carbonyl (C=O) groups is 1. The lowest BCUT2D eigenvalue weighted by molar-refractivity contribution is 0.0600. The van der Waals surface area contributed by atoms with Gasteiger partial charge in [-0.3, -0.25) is 0 Å². The van der Waals surface area contributed by atoms with Gasteiger partial charge in [-0.1, -0.05) is 6.07 Å². The number of esters is 1. The molecule has 1 aliphatic rings. The molecule has 1 aromatic rings. The number of carbonyl (C=O) groups excluding carboxylic acids is 1. The van der Waals surface area contributed by atoms with Crippen LogP contribution in [0, 0.1) is 0 Å². The number of hydrogen-bond acceptors (Lipinski definition) is 5. The summed E-state index contributed by atoms with van der Waals surface area (Å²) in [4.78, 5) is 11.4. The van der Waals surface area contributed by atoms with Crippen LogP contribution >= 0.6 is 0 Å². The van der Waals surface area contributed by atoms with Gasteiger partial charge >= 0.3 is 5.97 Å². The highest BCUT2D eigenvalue weighted by Gasteiger charge is 2.24. The van der Waals surface area contributed by atoms with Gasteiger partial charge in [-0.25, -0.2) is 17.9 Å². The van der Waals surface area contributed by atoms with Crippen molar-refractivity contribution in [3.8, 4) is 0 Å². The van der Waals surface area contributed by atoms with Crippen LogP contribution in [-0.4, -0.2) is 40.6 Å². The molecule has 0 aromatic heterocycles. The van der Waals surface area contributed by atoms with Crippen molar-refractivity contribution in [1.29, 1.82) is 0 Å². The van der Waals surface area contributed by atoms with E-state index in [4.69, 9.17) is 0 Å². The van der Waals surface area contributed by atoms with Gasteiger partial charge in [-0.2, -0.15) is 0 Å². The lowest BCUT2D eigenvalue weighted by atomic mass is 10.2. The van der Waals surface area contributed by atoms with Crippen molar-refractivity contribution in [3.63, 3.8) is 0 Å². The van der Waals surface area contributed by atoms with Gasteiger partial charge in [0.15, 0.2) is 0 Å². The van der Waals surface area contributed by atoms with Gasteiger partial charge in [0.2, 0.25) is 10.0 Å². The molecule has 98 valence electrons. The second-order valence-electron chi connectivity index (χ2n) is 4.00. The summed E-state index contributed by atoms with van der Waals surface area (Å²) in [5, 5.41) is 2.97. The molecular formula is C11H14N2O4S. The lowest BCUT2D eigenvalue weighted by Crippen LogP contribution is -2.56. The van der Waals surface area contributed by atoms with E-state index in [1.165, 1.54) is 31.4 Å². The molecule has 7 heteroatoms. The van der Waals surface area contributed by atoms with Gasteiger partial charge < -0.3 is 10.1 Å². The lowest BCUT2D eigenvalue weighted by Gasteiger charge is -2.27. The molecular weight excluding hydrogens is 256 g/mol. The number of sulfonamides is 1. The summed E-state index contributed by atoms with van der Waals surface area (Å²) < 4.78 is 31.1. The molecule has 6 nitrogen and oxygen atoms in total. The molecule has 1 aromatic carbocycles. The second kappa shape index (κ2) is 5.05. The van der Waals surface area contributed by atoms with Crippen LogP contribution in [-0.2, 0) is 14.8 Å². The minimum Gasteiger partial charge on any atom is -0.465 e. The first-order valence-corrected chi connectivity index (χ1v) is 6.92. The smallest absolute Gasteiger partial charge is 0.337 e. The summed E-state index contributed by atoms with van der Waals surface area (Å²) >= 11 is 0. The third-order valence-electron chi connectivity index (χ3n) is 2.67. The van der Waals surface area contributed by atoms with Gasteiger partial charge in [0, 0.05) is 19.1 Å². The maximum absolute atomic E-state index is 12.0. The van der Waals surface area contributed by atoms with E-state index in [-0.39, 0.29) is 16.5 Å². The average Bonchev–Trinajstić information content (AvgIpc) is 2.33. The van der Waals surface area contributed by atoms with E-state index >= 15 is 0 Å². The van der Waals surface area contributed by atoms with Gasteiger partial charge in [0.25, 0.3) is 0 Å². The summed E-state index contributed by atoms with van der Waals surface area (Å²) in [5.74, 6) is -0.558. The number of ether oxygens (including phenoxy) is 1. The third kappa shape index (κ3) is 2.69. The topological polar surface area (TPSA) is 84.5 Å². The number of benzene rings is 1. The molecule has 0 spiro atoms. The molecule has 2 rings (SSSR count). The molecule has 0 atom stereocenters. The van der Waals surface area contributed by atoms with Crippen LogP contribution in [0.2, 0.25) is 0 Å². The fourth-order valence-electron chi connectivity index (χ4n) is 1.57. The fourth-order valence-corrected chi connectivity index (χ4v) is 2.85. The Morgan fingerprint density at radius 1 is 1.44 bits per heavy atom. The zero-order chi connectivity index (χ0) is 13.2. The predicted octanol–water partition coefficient (Wildman–Crippen LogP) is -0.277. The Balaban J connectivity index is 2.23. The second-order valence-corrected chi connectivity index (χ2v) is 5.71. The Morgan fingerprint density at radius 3 is 2.72 bits per heavy atom. The van der Waals surface area contributed by atoms with Crippen LogP contribution in [0.1, 0.15) is 10.4 Å². The summed E-state index contributed by atoms with van der Waals surface area (Å²) in [6.07, 6.45) is 0. The van der Waals surface area contributed by atoms with Crippen LogP contribution in [0.5, 0.6) is 0 Å². The van der Waals surface area contributed by atoms with Crippen LogP contribution in [0.25, 0.3) is 0 Å². The van der Waals surface area contributed by atoms with E-state index < -0.39 is 16.0 Å². The fraction of sp³-hybridized carbons (Fsp3) is 0.364. The Hall–Kier alpha value is -1.44. The van der Waals surface area contributed by atoms with Crippen molar-refractivity contribution in [2.24, 2.45) is 0 Å². The zero-order valence-electron chi connectivity index (χ0n) is 9.84. The van der Waals surface area contributed by atoms with Crippen molar-refractivity contribution in [2.45, 2.75) is 10.9 Å². The largest absolute Gasteiger partial charge is 0.465 e. The maximum atomic E-state index is 12.0. The molecule has 0 bridgehead atoms. The van der Waals surface area contributed by atoms with Gasteiger partial charge in [0.1, 0.15) is 0 Å². The van der Waals surface area contributed by atoms with Gasteiger partial charge in [0.05, 0.1) is 17.6 Å². The molecule has 0 unspecified atom stereocenters. The quantitative estimate of drug-likeness (QED) is 0.735. The summed E-state index contributed by atoms with van der Waals surface area (Å²) in [6, 6.07) is 5.69. The van der Waals surface area contributed by atoms with E-state index in [0.717, 1.165) is 0 Å². The Bertz CT molecular complexity index is 552. The summed E-state index contributed by atoms with van der Waals surface area (Å²) in [5.41, 5.74) is 0.215. The molecule has 18 heavy (non-hydrogen) atoms. The number of methoxy groups -OCH3 is 1. The maximum Gasteiger partial charge on any atom is 0.337 e. The number of rotatable bonds is 4. The van der Waals surface area contributed by atoms with Crippen LogP contribution in [0.3, 0.4) is 0 Å². The van der Waals surface area contributed by atoms with Crippen molar-refractivity contribution < 1.29 is 17.9 Å². The zero-order valence-corrected chi connectivity index (χ0v) is 10.7. The minimum absolute atomic E-state index is 0.0669. The first kappa shape index (κ1) is 13.0. The van der Waals surface area contributed by atoms with Crippen molar-refractivity contribution in [2.75, 3.05) is 20.2 Å². The first-order chi connectivity index (χ1) is 8.53. The van der Waals surface area contributed by atoms with Gasteiger partial charge in [-0.15, -0.1) is 0 Å². The van der Waals surface area contributed by atoms with E-state index in [1.807, 2.05) is 0 Å². The molecule has 1 saturated heterocycles. The number of hydrogen-bond donors (Lipinski definition) is 2. The Morgan fingerprint density at radius 2 is 2.17 bits per heavy atom. The third-order valence-corrected chi connectivity index (χ3v) is 4.19. The van der Waals surface area contributed by atoms with E-state index in [9.17, 15) is 13.2 Å². The average molecular weight is 270 g/mol. The Kier molecular flexibility index (Phi) is 3.65. The minimum atomic E-state index is -3.58. The highest BCUT2D eigenvalue weighted by Crippen LogP contribution is 2.13. The van der Waals surface area contributed by atoms with Gasteiger partial charge in [-0.05, 0) is 18.2 Å². The SMILES string of the molecule is COC(=O)c1cccc(S(=O)(=O)NC2CNC2)c1.